The van der Waals surface area contributed by atoms with Crippen LogP contribution in [0.5, 0.6) is 0 Å². The Kier molecular flexibility index (Phi) is 3.76. The standard InChI is InChI=1S/C14H18N2/c1-2-3-4-8-13-11-15-10-12-7-5-6-9-14(12)16-13/h5-7,9-11,16H,2-4,8H2,1H3. The molecule has 1 aromatic rings. The molecule has 0 fully saturated rings. The van der Waals surface area contributed by atoms with Gasteiger partial charge in [0.05, 0.1) is 0 Å². The number of hydrogen-bond acceptors (Lipinski definition) is 2. The average Bonchev–Trinajstić information content (AvgIpc) is 2.51. The number of benzene rings is 1. The summed E-state index contributed by atoms with van der Waals surface area (Å²) in [6.07, 6.45) is 8.70. The van der Waals surface area contributed by atoms with Crippen LogP contribution in [0.3, 0.4) is 0 Å². The maximum Gasteiger partial charge on any atom is 0.0471 e. The highest BCUT2D eigenvalue weighted by molar-refractivity contribution is 5.89. The molecule has 1 heterocycles. The molecule has 0 aliphatic carbocycles. The largest absolute Gasteiger partial charge is 0.357 e. The maximum atomic E-state index is 4.32. The molecule has 0 bridgehead atoms. The molecule has 2 heteroatoms. The number of nitrogens with zero attached hydrogens (tertiary/aromatic N) is 1. The average molecular weight is 214 g/mol. The highest BCUT2D eigenvalue weighted by Gasteiger charge is 2.04. The SMILES string of the molecule is CCCCCC1=CN=Cc2ccccc2N1. The third-order valence-electron chi connectivity index (χ3n) is 2.75. The molecule has 1 aromatic carbocycles. The van der Waals surface area contributed by atoms with Gasteiger partial charge in [0.2, 0.25) is 0 Å². The summed E-state index contributed by atoms with van der Waals surface area (Å²) < 4.78 is 0. The van der Waals surface area contributed by atoms with E-state index in [9.17, 15) is 0 Å². The van der Waals surface area contributed by atoms with Crippen LogP contribution in [-0.4, -0.2) is 6.21 Å². The quantitative estimate of drug-likeness (QED) is 0.754. The Labute approximate surface area is 97.1 Å². The first-order valence-electron chi connectivity index (χ1n) is 5.98. The maximum absolute atomic E-state index is 4.32. The number of hydrogen-bond donors (Lipinski definition) is 1. The van der Waals surface area contributed by atoms with Gasteiger partial charge in [0.25, 0.3) is 0 Å². The summed E-state index contributed by atoms with van der Waals surface area (Å²) in [5.41, 5.74) is 3.53. The summed E-state index contributed by atoms with van der Waals surface area (Å²) in [5, 5.41) is 3.45. The molecular formula is C14H18N2. The molecule has 2 rings (SSSR count). The summed E-state index contributed by atoms with van der Waals surface area (Å²) in [5.74, 6) is 0. The Bertz CT molecular complexity index is 405. The van der Waals surface area contributed by atoms with Crippen LogP contribution in [0.15, 0.2) is 41.2 Å². The monoisotopic (exact) mass is 214 g/mol. The number of para-hydroxylation sites is 1. The number of allylic oxidation sites excluding steroid dienone is 1. The first-order valence-corrected chi connectivity index (χ1v) is 5.98. The van der Waals surface area contributed by atoms with Gasteiger partial charge < -0.3 is 5.32 Å². The van der Waals surface area contributed by atoms with Gasteiger partial charge in [0.1, 0.15) is 0 Å². The van der Waals surface area contributed by atoms with E-state index < -0.39 is 0 Å². The molecule has 1 aliphatic heterocycles. The molecule has 1 aliphatic rings. The molecular weight excluding hydrogens is 196 g/mol. The fraction of sp³-hybridized carbons (Fsp3) is 0.357. The summed E-state index contributed by atoms with van der Waals surface area (Å²) in [4.78, 5) is 4.32. The normalized spacial score (nSPS) is 13.7. The van der Waals surface area contributed by atoms with Gasteiger partial charge in [0, 0.05) is 29.4 Å². The van der Waals surface area contributed by atoms with Gasteiger partial charge in [-0.1, -0.05) is 38.0 Å². The minimum absolute atomic E-state index is 1.08. The lowest BCUT2D eigenvalue weighted by Gasteiger charge is -2.10. The zero-order valence-corrected chi connectivity index (χ0v) is 9.74. The van der Waals surface area contributed by atoms with Gasteiger partial charge in [-0.3, -0.25) is 4.99 Å². The molecule has 0 atom stereocenters. The number of unbranched alkanes of at least 4 members (excludes halogenated alkanes) is 2. The van der Waals surface area contributed by atoms with E-state index in [2.05, 4.69) is 35.4 Å². The molecule has 84 valence electrons. The van der Waals surface area contributed by atoms with Crippen LogP contribution in [0.1, 0.15) is 38.2 Å². The van der Waals surface area contributed by atoms with E-state index in [-0.39, 0.29) is 0 Å². The fourth-order valence-corrected chi connectivity index (χ4v) is 1.83. The summed E-state index contributed by atoms with van der Waals surface area (Å²) in [6, 6.07) is 8.26. The van der Waals surface area contributed by atoms with Crippen LogP contribution >= 0.6 is 0 Å². The molecule has 0 aromatic heterocycles. The lowest BCUT2D eigenvalue weighted by molar-refractivity contribution is 0.714. The number of anilines is 1. The minimum atomic E-state index is 1.08. The first-order chi connectivity index (χ1) is 7.90. The van der Waals surface area contributed by atoms with Crippen LogP contribution in [0, 0.1) is 0 Å². The second-order valence-electron chi connectivity index (χ2n) is 4.10. The van der Waals surface area contributed by atoms with Crippen molar-refractivity contribution in [2.24, 2.45) is 4.99 Å². The fourth-order valence-electron chi connectivity index (χ4n) is 1.83. The van der Waals surface area contributed by atoms with E-state index in [1.54, 1.807) is 0 Å². The van der Waals surface area contributed by atoms with Crippen LogP contribution in [-0.2, 0) is 0 Å². The van der Waals surface area contributed by atoms with Crippen molar-refractivity contribution in [2.45, 2.75) is 32.6 Å². The number of nitrogens with one attached hydrogen (secondary N) is 1. The van der Waals surface area contributed by atoms with Crippen molar-refractivity contribution in [2.75, 3.05) is 5.32 Å². The van der Waals surface area contributed by atoms with Crippen molar-refractivity contribution in [1.82, 2.24) is 0 Å². The topological polar surface area (TPSA) is 24.4 Å². The van der Waals surface area contributed by atoms with Crippen LogP contribution < -0.4 is 5.32 Å². The van der Waals surface area contributed by atoms with E-state index in [4.69, 9.17) is 0 Å². The van der Waals surface area contributed by atoms with Crippen LogP contribution in [0.25, 0.3) is 0 Å². The highest BCUT2D eigenvalue weighted by atomic mass is 14.9. The van der Waals surface area contributed by atoms with E-state index in [1.807, 2.05) is 18.5 Å². The summed E-state index contributed by atoms with van der Waals surface area (Å²) >= 11 is 0. The molecule has 0 radical (unpaired) electrons. The van der Waals surface area contributed by atoms with Gasteiger partial charge in [-0.25, -0.2) is 0 Å². The van der Waals surface area contributed by atoms with E-state index in [0.717, 1.165) is 17.7 Å². The molecule has 0 saturated carbocycles. The third-order valence-corrected chi connectivity index (χ3v) is 2.75. The molecule has 0 unspecified atom stereocenters. The highest BCUT2D eigenvalue weighted by Crippen LogP contribution is 2.20. The van der Waals surface area contributed by atoms with Crippen LogP contribution in [0.2, 0.25) is 0 Å². The Hall–Kier alpha value is -1.57. The van der Waals surface area contributed by atoms with Crippen molar-refractivity contribution >= 4 is 11.9 Å². The van der Waals surface area contributed by atoms with Crippen molar-refractivity contribution in [3.8, 4) is 0 Å². The van der Waals surface area contributed by atoms with Crippen molar-refractivity contribution in [1.29, 1.82) is 0 Å². The van der Waals surface area contributed by atoms with Gasteiger partial charge >= 0.3 is 0 Å². The first kappa shape index (κ1) is 10.9. The molecule has 0 amide bonds. The number of fused-ring (bicyclic) bond motifs is 1. The zero-order chi connectivity index (χ0) is 11.2. The number of aliphatic imine (C=N–C) groups is 1. The van der Waals surface area contributed by atoms with Gasteiger partial charge in [-0.05, 0) is 18.9 Å². The molecule has 2 nitrogen and oxygen atoms in total. The second kappa shape index (κ2) is 5.50. The third kappa shape index (κ3) is 2.72. The van der Waals surface area contributed by atoms with Crippen LogP contribution in [0.4, 0.5) is 5.69 Å². The van der Waals surface area contributed by atoms with Gasteiger partial charge in [-0.2, -0.15) is 0 Å². The predicted octanol–water partition coefficient (Wildman–Crippen LogP) is 3.95. The molecule has 1 N–H and O–H groups in total. The second-order valence-corrected chi connectivity index (χ2v) is 4.10. The Morgan fingerprint density at radius 3 is 2.94 bits per heavy atom. The van der Waals surface area contributed by atoms with Crippen molar-refractivity contribution in [3.05, 3.63) is 41.7 Å². The molecule has 16 heavy (non-hydrogen) atoms. The smallest absolute Gasteiger partial charge is 0.0471 e. The Morgan fingerprint density at radius 2 is 2.06 bits per heavy atom. The van der Waals surface area contributed by atoms with E-state index in [0.29, 0.717) is 0 Å². The minimum Gasteiger partial charge on any atom is -0.357 e. The predicted molar refractivity (Wildman–Crippen MR) is 69.9 cm³/mol. The Balaban J connectivity index is 2.04. The van der Waals surface area contributed by atoms with Gasteiger partial charge in [-0.15, -0.1) is 0 Å². The lowest BCUT2D eigenvalue weighted by Crippen LogP contribution is -2.00. The van der Waals surface area contributed by atoms with Crippen molar-refractivity contribution in [3.63, 3.8) is 0 Å². The van der Waals surface area contributed by atoms with Crippen molar-refractivity contribution < 1.29 is 0 Å². The lowest BCUT2D eigenvalue weighted by atomic mass is 10.1. The van der Waals surface area contributed by atoms with Gasteiger partial charge in [0.15, 0.2) is 0 Å². The Morgan fingerprint density at radius 1 is 1.19 bits per heavy atom. The van der Waals surface area contributed by atoms with E-state index >= 15 is 0 Å². The summed E-state index contributed by atoms with van der Waals surface area (Å²) in [6.45, 7) is 2.22. The molecule has 0 spiro atoms. The summed E-state index contributed by atoms with van der Waals surface area (Å²) in [7, 11) is 0. The molecule has 0 saturated heterocycles. The van der Waals surface area contributed by atoms with E-state index in [1.165, 1.54) is 25.0 Å². The zero-order valence-electron chi connectivity index (χ0n) is 9.74. The number of rotatable bonds is 4.